The molecule has 2 nitrogen and oxygen atoms in total. The second-order valence-electron chi connectivity index (χ2n) is 5.24. The van der Waals surface area contributed by atoms with Crippen LogP contribution in [0.1, 0.15) is 42.9 Å². The van der Waals surface area contributed by atoms with Crippen molar-refractivity contribution in [1.82, 2.24) is 0 Å². The van der Waals surface area contributed by atoms with Gasteiger partial charge in [-0.15, -0.1) is 0 Å². The van der Waals surface area contributed by atoms with E-state index in [0.717, 1.165) is 17.8 Å². The van der Waals surface area contributed by atoms with Crippen molar-refractivity contribution in [3.63, 3.8) is 0 Å². The number of hydrogen-bond donors (Lipinski definition) is 1. The Bertz CT molecular complexity index is 529. The van der Waals surface area contributed by atoms with Crippen molar-refractivity contribution in [3.8, 4) is 0 Å². The van der Waals surface area contributed by atoms with Gasteiger partial charge in [-0.3, -0.25) is 0 Å². The Labute approximate surface area is 102 Å². The number of furan rings is 1. The fraction of sp³-hybridized carbons (Fsp3) is 0.467. The Hall–Kier alpha value is -1.28. The lowest BCUT2D eigenvalue weighted by atomic mass is 9.83. The Balaban J connectivity index is 1.99. The summed E-state index contributed by atoms with van der Waals surface area (Å²) < 4.78 is 5.95. The number of fused-ring (bicyclic) bond motifs is 1. The van der Waals surface area contributed by atoms with Crippen LogP contribution in [0.4, 0.5) is 0 Å². The van der Waals surface area contributed by atoms with Crippen LogP contribution in [-0.4, -0.2) is 6.04 Å². The maximum atomic E-state index is 6.20. The van der Waals surface area contributed by atoms with E-state index in [4.69, 9.17) is 10.2 Å². The van der Waals surface area contributed by atoms with Crippen LogP contribution in [0.5, 0.6) is 0 Å². The molecular formula is C15H19NO. The molecule has 0 spiro atoms. The fourth-order valence-electron chi connectivity index (χ4n) is 2.88. The molecule has 17 heavy (non-hydrogen) atoms. The van der Waals surface area contributed by atoms with Gasteiger partial charge < -0.3 is 10.2 Å². The number of aryl methyl sites for hydroxylation is 1. The zero-order valence-corrected chi connectivity index (χ0v) is 10.3. The summed E-state index contributed by atoms with van der Waals surface area (Å²) >= 11 is 0. The molecule has 3 rings (SSSR count). The van der Waals surface area contributed by atoms with Gasteiger partial charge in [0.15, 0.2) is 0 Å². The standard InChI is InChI=1S/C15H19NO/c1-10-6-7-14-11(8-10)9-15(17-14)12-4-2-3-5-13(12)16/h6-9,12-13H,2-5,16H2,1H3. The zero-order chi connectivity index (χ0) is 11.8. The van der Waals surface area contributed by atoms with Crippen LogP contribution < -0.4 is 5.73 Å². The minimum Gasteiger partial charge on any atom is -0.461 e. The van der Waals surface area contributed by atoms with Crippen LogP contribution in [0, 0.1) is 6.92 Å². The second kappa shape index (κ2) is 4.19. The van der Waals surface area contributed by atoms with Crippen molar-refractivity contribution in [3.05, 3.63) is 35.6 Å². The maximum absolute atomic E-state index is 6.20. The molecule has 2 atom stereocenters. The highest BCUT2D eigenvalue weighted by Gasteiger charge is 2.26. The smallest absolute Gasteiger partial charge is 0.134 e. The first-order valence-corrected chi connectivity index (χ1v) is 6.50. The molecular weight excluding hydrogens is 210 g/mol. The minimum atomic E-state index is 0.269. The maximum Gasteiger partial charge on any atom is 0.134 e. The molecule has 1 fully saturated rings. The van der Waals surface area contributed by atoms with Gasteiger partial charge in [0.25, 0.3) is 0 Å². The van der Waals surface area contributed by atoms with Crippen molar-refractivity contribution >= 4 is 11.0 Å². The first kappa shape index (κ1) is 10.8. The van der Waals surface area contributed by atoms with Crippen LogP contribution in [-0.2, 0) is 0 Å². The molecule has 1 aromatic carbocycles. The normalized spacial score (nSPS) is 25.3. The van der Waals surface area contributed by atoms with Gasteiger partial charge in [0.1, 0.15) is 11.3 Å². The van der Waals surface area contributed by atoms with E-state index in [1.165, 1.54) is 30.2 Å². The van der Waals surface area contributed by atoms with Gasteiger partial charge in [0, 0.05) is 17.3 Å². The number of rotatable bonds is 1. The molecule has 1 aliphatic carbocycles. The van der Waals surface area contributed by atoms with Crippen LogP contribution in [0.3, 0.4) is 0 Å². The average Bonchev–Trinajstić information content (AvgIpc) is 2.72. The summed E-state index contributed by atoms with van der Waals surface area (Å²) in [6.07, 6.45) is 4.83. The molecule has 2 aromatic rings. The molecule has 2 unspecified atom stereocenters. The third-order valence-electron chi connectivity index (χ3n) is 3.88. The van der Waals surface area contributed by atoms with Gasteiger partial charge in [0.05, 0.1) is 0 Å². The van der Waals surface area contributed by atoms with E-state index in [0.29, 0.717) is 5.92 Å². The summed E-state index contributed by atoms with van der Waals surface area (Å²) in [6, 6.07) is 8.78. The average molecular weight is 229 g/mol. The number of hydrogen-bond acceptors (Lipinski definition) is 2. The van der Waals surface area contributed by atoms with Gasteiger partial charge in [-0.05, 0) is 38.0 Å². The highest BCUT2D eigenvalue weighted by Crippen LogP contribution is 2.35. The van der Waals surface area contributed by atoms with E-state index in [2.05, 4.69) is 31.2 Å². The van der Waals surface area contributed by atoms with Gasteiger partial charge in [-0.25, -0.2) is 0 Å². The molecule has 0 radical (unpaired) electrons. The van der Waals surface area contributed by atoms with E-state index in [9.17, 15) is 0 Å². The minimum absolute atomic E-state index is 0.269. The van der Waals surface area contributed by atoms with E-state index >= 15 is 0 Å². The highest BCUT2D eigenvalue weighted by molar-refractivity contribution is 5.78. The zero-order valence-electron chi connectivity index (χ0n) is 10.3. The predicted molar refractivity (Wildman–Crippen MR) is 70.1 cm³/mol. The largest absolute Gasteiger partial charge is 0.461 e. The summed E-state index contributed by atoms with van der Waals surface area (Å²) in [5.41, 5.74) is 8.47. The van der Waals surface area contributed by atoms with Crippen LogP contribution >= 0.6 is 0 Å². The van der Waals surface area contributed by atoms with Crippen molar-refractivity contribution in [1.29, 1.82) is 0 Å². The Morgan fingerprint density at radius 3 is 2.82 bits per heavy atom. The third-order valence-corrected chi connectivity index (χ3v) is 3.88. The summed E-state index contributed by atoms with van der Waals surface area (Å²) in [6.45, 7) is 2.11. The van der Waals surface area contributed by atoms with E-state index < -0.39 is 0 Å². The monoisotopic (exact) mass is 229 g/mol. The van der Waals surface area contributed by atoms with Gasteiger partial charge in [-0.1, -0.05) is 24.5 Å². The fourth-order valence-corrected chi connectivity index (χ4v) is 2.88. The van der Waals surface area contributed by atoms with E-state index in [1.807, 2.05) is 0 Å². The molecule has 1 aliphatic rings. The lowest BCUT2D eigenvalue weighted by Gasteiger charge is -2.26. The molecule has 1 heterocycles. The lowest BCUT2D eigenvalue weighted by molar-refractivity contribution is 0.342. The molecule has 0 bridgehead atoms. The van der Waals surface area contributed by atoms with Crippen molar-refractivity contribution in [2.75, 3.05) is 0 Å². The van der Waals surface area contributed by atoms with Gasteiger partial charge in [-0.2, -0.15) is 0 Å². The molecule has 0 aliphatic heterocycles. The lowest BCUT2D eigenvalue weighted by Crippen LogP contribution is -2.31. The molecule has 90 valence electrons. The Kier molecular flexibility index (Phi) is 2.67. The predicted octanol–water partition coefficient (Wildman–Crippen LogP) is 3.73. The van der Waals surface area contributed by atoms with Crippen LogP contribution in [0.25, 0.3) is 11.0 Å². The molecule has 0 amide bonds. The third kappa shape index (κ3) is 1.98. The van der Waals surface area contributed by atoms with Crippen molar-refractivity contribution < 1.29 is 4.42 Å². The van der Waals surface area contributed by atoms with Gasteiger partial charge >= 0.3 is 0 Å². The van der Waals surface area contributed by atoms with E-state index in [1.54, 1.807) is 0 Å². The van der Waals surface area contributed by atoms with Crippen LogP contribution in [0.2, 0.25) is 0 Å². The molecule has 1 saturated carbocycles. The Morgan fingerprint density at radius 1 is 1.18 bits per heavy atom. The topological polar surface area (TPSA) is 39.2 Å². The van der Waals surface area contributed by atoms with E-state index in [-0.39, 0.29) is 6.04 Å². The van der Waals surface area contributed by atoms with Crippen molar-refractivity contribution in [2.24, 2.45) is 5.73 Å². The molecule has 2 heteroatoms. The SMILES string of the molecule is Cc1ccc2oc(C3CCCCC3N)cc2c1. The summed E-state index contributed by atoms with van der Waals surface area (Å²) in [4.78, 5) is 0. The van der Waals surface area contributed by atoms with Gasteiger partial charge in [0.2, 0.25) is 0 Å². The molecule has 0 saturated heterocycles. The quantitative estimate of drug-likeness (QED) is 0.809. The second-order valence-corrected chi connectivity index (χ2v) is 5.24. The van der Waals surface area contributed by atoms with Crippen molar-refractivity contribution in [2.45, 2.75) is 44.6 Å². The summed E-state index contributed by atoms with van der Waals surface area (Å²) in [7, 11) is 0. The van der Waals surface area contributed by atoms with Crippen LogP contribution in [0.15, 0.2) is 28.7 Å². The molecule has 2 N–H and O–H groups in total. The molecule has 1 aromatic heterocycles. The number of nitrogens with two attached hydrogens (primary N) is 1. The number of benzene rings is 1. The first-order chi connectivity index (χ1) is 8.24. The summed E-state index contributed by atoms with van der Waals surface area (Å²) in [5, 5.41) is 1.21. The highest BCUT2D eigenvalue weighted by atomic mass is 16.3. The summed E-state index contributed by atoms with van der Waals surface area (Å²) in [5.74, 6) is 1.49. The first-order valence-electron chi connectivity index (χ1n) is 6.50. The Morgan fingerprint density at radius 2 is 2.00 bits per heavy atom.